The monoisotopic (exact) mass is 257 g/mol. The highest BCUT2D eigenvalue weighted by molar-refractivity contribution is 7.99. The van der Waals surface area contributed by atoms with E-state index in [1.54, 1.807) is 0 Å². The first-order valence-corrected chi connectivity index (χ1v) is 7.74. The maximum Gasteiger partial charge on any atom is 0.252 e. The van der Waals surface area contributed by atoms with Crippen LogP contribution in [0.25, 0.3) is 0 Å². The molecule has 0 aromatic heterocycles. The largest absolute Gasteiger partial charge is 0.349 e. The molecule has 1 N–H and O–H groups in total. The Kier molecular flexibility index (Phi) is 2.31. The van der Waals surface area contributed by atoms with Gasteiger partial charge in [0.25, 0.3) is 5.91 Å². The highest BCUT2D eigenvalue weighted by Crippen LogP contribution is 2.51. The van der Waals surface area contributed by atoms with Gasteiger partial charge in [0.1, 0.15) is 0 Å². The molecule has 0 aromatic carbocycles. The quantitative estimate of drug-likeness (QED) is 0.823. The van der Waals surface area contributed by atoms with Crippen LogP contribution in [0.5, 0.6) is 0 Å². The smallest absolute Gasteiger partial charge is 0.252 e. The van der Waals surface area contributed by atoms with E-state index in [1.165, 1.54) is 28.2 Å². The van der Waals surface area contributed by atoms with E-state index in [4.69, 9.17) is 0 Å². The minimum absolute atomic E-state index is 0.118. The number of fused-ring (bicyclic) bond motifs is 2. The molecule has 0 atom stereocenters. The number of hydrogen-bond donors (Lipinski definition) is 1. The van der Waals surface area contributed by atoms with Crippen LogP contribution >= 0.6 is 11.8 Å². The van der Waals surface area contributed by atoms with Gasteiger partial charge in [0.2, 0.25) is 0 Å². The molecule has 18 heavy (non-hydrogen) atoms. The first-order valence-electron chi connectivity index (χ1n) is 6.58. The molecule has 0 radical (unpaired) electrons. The van der Waals surface area contributed by atoms with Crippen molar-refractivity contribution in [2.45, 2.75) is 25.3 Å². The Morgan fingerprint density at radius 3 is 2.89 bits per heavy atom. The fourth-order valence-electron chi connectivity index (χ4n) is 2.94. The third-order valence-electron chi connectivity index (χ3n) is 4.07. The van der Waals surface area contributed by atoms with E-state index < -0.39 is 0 Å². The predicted molar refractivity (Wildman–Crippen MR) is 74.4 cm³/mol. The third-order valence-corrected chi connectivity index (χ3v) is 5.12. The van der Waals surface area contributed by atoms with Gasteiger partial charge in [0, 0.05) is 11.6 Å². The lowest BCUT2D eigenvalue weighted by Crippen LogP contribution is -2.37. The molecule has 1 saturated carbocycles. The van der Waals surface area contributed by atoms with Gasteiger partial charge in [-0.3, -0.25) is 4.79 Å². The van der Waals surface area contributed by atoms with Gasteiger partial charge in [-0.1, -0.05) is 6.08 Å². The Labute approximate surface area is 111 Å². The van der Waals surface area contributed by atoms with Crippen LogP contribution in [0.2, 0.25) is 0 Å². The fourth-order valence-corrected chi connectivity index (χ4v) is 4.05. The molecule has 3 aliphatic carbocycles. The summed E-state index contributed by atoms with van der Waals surface area (Å²) in [7, 11) is 0. The fraction of sp³-hybridized carbons (Fsp3) is 0.400. The van der Waals surface area contributed by atoms with Crippen molar-refractivity contribution in [1.29, 1.82) is 0 Å². The van der Waals surface area contributed by atoms with E-state index in [1.807, 2.05) is 17.8 Å². The molecule has 2 fully saturated rings. The van der Waals surface area contributed by atoms with Gasteiger partial charge in [-0.2, -0.15) is 11.8 Å². The molecule has 0 spiro atoms. The van der Waals surface area contributed by atoms with Gasteiger partial charge >= 0.3 is 0 Å². The van der Waals surface area contributed by atoms with Crippen molar-refractivity contribution in [3.63, 3.8) is 0 Å². The average molecular weight is 257 g/mol. The van der Waals surface area contributed by atoms with Gasteiger partial charge in [-0.25, -0.2) is 0 Å². The number of carbonyl (C=O) groups excluding carboxylic acids is 1. The van der Waals surface area contributed by atoms with Crippen LogP contribution in [0, 0.1) is 0 Å². The highest BCUT2D eigenvalue weighted by Gasteiger charge is 2.35. The van der Waals surface area contributed by atoms with Gasteiger partial charge in [-0.05, 0) is 65.2 Å². The van der Waals surface area contributed by atoms with Crippen molar-refractivity contribution in [3.8, 4) is 0 Å². The normalized spacial score (nSPS) is 25.2. The minimum atomic E-state index is 0.118. The van der Waals surface area contributed by atoms with E-state index in [0.717, 1.165) is 30.4 Å². The van der Waals surface area contributed by atoms with E-state index in [-0.39, 0.29) is 5.91 Å². The summed E-state index contributed by atoms with van der Waals surface area (Å²) in [6.45, 7) is 0. The molecule has 4 aliphatic rings. The Morgan fingerprint density at radius 1 is 1.22 bits per heavy atom. The first-order chi connectivity index (χ1) is 8.83. The maximum absolute atomic E-state index is 12.3. The maximum atomic E-state index is 12.3. The molecule has 0 bridgehead atoms. The van der Waals surface area contributed by atoms with Crippen LogP contribution in [0.3, 0.4) is 0 Å². The second-order valence-electron chi connectivity index (χ2n) is 5.26. The standard InChI is InChI=1S/C15H15NOS/c17-15(16-10-3-5-18-6-4-10)12-2-1-11-13-7-9(13)8-14(11)12/h1-2,8,10H,3-7H2,(H,16,17). The lowest BCUT2D eigenvalue weighted by atomic mass is 10.1. The Hall–Kier alpha value is -1.22. The van der Waals surface area contributed by atoms with E-state index in [0.29, 0.717) is 6.04 Å². The third kappa shape index (κ3) is 1.61. The van der Waals surface area contributed by atoms with Gasteiger partial charge in [0.05, 0.1) is 0 Å². The number of carbonyl (C=O) groups is 1. The average Bonchev–Trinajstić information content (AvgIpc) is 2.86. The summed E-state index contributed by atoms with van der Waals surface area (Å²) in [4.78, 5) is 12.3. The van der Waals surface area contributed by atoms with Crippen LogP contribution in [0.15, 0.2) is 46.1 Å². The van der Waals surface area contributed by atoms with Crippen molar-refractivity contribution in [2.75, 3.05) is 11.5 Å². The first kappa shape index (κ1) is 10.7. The van der Waals surface area contributed by atoms with Crippen molar-refractivity contribution in [2.24, 2.45) is 0 Å². The molecule has 92 valence electrons. The zero-order valence-corrected chi connectivity index (χ0v) is 11.0. The summed E-state index contributed by atoms with van der Waals surface area (Å²) in [5.41, 5.74) is 6.22. The van der Waals surface area contributed by atoms with Crippen LogP contribution in [0.4, 0.5) is 0 Å². The molecule has 1 aliphatic heterocycles. The molecule has 3 heteroatoms. The number of hydrogen-bond acceptors (Lipinski definition) is 2. The van der Waals surface area contributed by atoms with Crippen LogP contribution in [0.1, 0.15) is 19.3 Å². The SMILES string of the molecule is O=C(NC1CCSCC1)C1=C2C=C3CC3=C2C=C1. The van der Waals surface area contributed by atoms with Crippen molar-refractivity contribution < 1.29 is 4.79 Å². The molecular formula is C15H15NOS. The van der Waals surface area contributed by atoms with E-state index in [2.05, 4.69) is 17.5 Å². The second kappa shape index (κ2) is 3.89. The van der Waals surface area contributed by atoms with Crippen LogP contribution < -0.4 is 5.32 Å². The van der Waals surface area contributed by atoms with Gasteiger partial charge in [-0.15, -0.1) is 0 Å². The zero-order chi connectivity index (χ0) is 12.1. The topological polar surface area (TPSA) is 29.1 Å². The number of nitrogens with one attached hydrogen (secondary N) is 1. The summed E-state index contributed by atoms with van der Waals surface area (Å²) in [6, 6.07) is 0.376. The van der Waals surface area contributed by atoms with Crippen LogP contribution in [-0.2, 0) is 4.79 Å². The molecule has 0 unspecified atom stereocenters. The Morgan fingerprint density at radius 2 is 2.06 bits per heavy atom. The minimum Gasteiger partial charge on any atom is -0.349 e. The summed E-state index contributed by atoms with van der Waals surface area (Å²) >= 11 is 1.99. The molecule has 0 aromatic rings. The lowest BCUT2D eigenvalue weighted by molar-refractivity contribution is -0.117. The van der Waals surface area contributed by atoms with Crippen LogP contribution in [-0.4, -0.2) is 23.5 Å². The summed E-state index contributed by atoms with van der Waals surface area (Å²) in [5, 5.41) is 3.19. The molecule has 1 heterocycles. The summed E-state index contributed by atoms with van der Waals surface area (Å²) in [6.07, 6.45) is 9.63. The number of amides is 1. The molecule has 1 amide bonds. The lowest BCUT2D eigenvalue weighted by Gasteiger charge is -2.22. The molecule has 4 rings (SSSR count). The number of thioether (sulfide) groups is 1. The van der Waals surface area contributed by atoms with Crippen molar-refractivity contribution in [3.05, 3.63) is 46.1 Å². The second-order valence-corrected chi connectivity index (χ2v) is 6.48. The van der Waals surface area contributed by atoms with Crippen molar-refractivity contribution in [1.82, 2.24) is 5.32 Å². The van der Waals surface area contributed by atoms with Gasteiger partial charge in [0.15, 0.2) is 0 Å². The zero-order valence-electron chi connectivity index (χ0n) is 10.2. The Bertz CT molecular complexity index is 559. The van der Waals surface area contributed by atoms with E-state index >= 15 is 0 Å². The molecular weight excluding hydrogens is 242 g/mol. The van der Waals surface area contributed by atoms with Crippen molar-refractivity contribution >= 4 is 17.7 Å². The molecule has 1 saturated heterocycles. The number of rotatable bonds is 2. The highest BCUT2D eigenvalue weighted by atomic mass is 32.2. The Balaban J connectivity index is 1.53. The van der Waals surface area contributed by atoms with E-state index in [9.17, 15) is 4.79 Å². The molecule has 2 nitrogen and oxygen atoms in total. The summed E-state index contributed by atoms with van der Waals surface area (Å²) in [5.74, 6) is 2.46. The number of allylic oxidation sites excluding steroid dienone is 6. The van der Waals surface area contributed by atoms with Gasteiger partial charge < -0.3 is 5.32 Å². The summed E-state index contributed by atoms with van der Waals surface area (Å²) < 4.78 is 0. The predicted octanol–water partition coefficient (Wildman–Crippen LogP) is 2.50.